The Morgan fingerprint density at radius 2 is 1.78 bits per heavy atom. The Hall–Kier alpha value is -3.35. The molecule has 0 saturated heterocycles. The van der Waals surface area contributed by atoms with Crippen molar-refractivity contribution in [2.75, 3.05) is 6.61 Å². The zero-order chi connectivity index (χ0) is 19.1. The maximum Gasteiger partial charge on any atom is 0.338 e. The van der Waals surface area contributed by atoms with Crippen LogP contribution in [0.4, 0.5) is 4.79 Å². The first-order valence-electron chi connectivity index (χ1n) is 8.64. The average Bonchev–Trinajstić information content (AvgIpc) is 3.49. The number of urea groups is 1. The smallest absolute Gasteiger partial charge is 0.338 e. The Labute approximate surface area is 156 Å². The van der Waals surface area contributed by atoms with Crippen molar-refractivity contribution in [2.45, 2.75) is 25.5 Å². The Balaban J connectivity index is 1.46. The lowest BCUT2D eigenvalue weighted by Gasteiger charge is -2.09. The number of nitrogens with one attached hydrogen (secondary N) is 2. The van der Waals surface area contributed by atoms with Gasteiger partial charge in [-0.15, -0.1) is 0 Å². The Kier molecular flexibility index (Phi) is 6.04. The quantitative estimate of drug-likeness (QED) is 0.732. The van der Waals surface area contributed by atoms with Crippen LogP contribution in [0.1, 0.15) is 28.8 Å². The third-order valence-corrected chi connectivity index (χ3v) is 3.82. The number of hydrogen-bond acceptors (Lipinski definition) is 5. The molecule has 0 heterocycles. The molecule has 0 aromatic heterocycles. The van der Waals surface area contributed by atoms with Gasteiger partial charge in [-0.1, -0.05) is 36.4 Å². The Morgan fingerprint density at radius 1 is 1.00 bits per heavy atom. The summed E-state index contributed by atoms with van der Waals surface area (Å²) in [5.41, 5.74) is 1.27. The van der Waals surface area contributed by atoms with E-state index in [2.05, 4.69) is 10.6 Å². The third kappa shape index (κ3) is 6.14. The lowest BCUT2D eigenvalue weighted by Crippen LogP contribution is -2.42. The number of hydrogen-bond donors (Lipinski definition) is 2. The molecule has 2 aromatic rings. The minimum absolute atomic E-state index is 0.138. The lowest BCUT2D eigenvalue weighted by atomic mass is 10.2. The molecule has 1 aliphatic rings. The van der Waals surface area contributed by atoms with Gasteiger partial charge < -0.3 is 14.8 Å². The van der Waals surface area contributed by atoms with Gasteiger partial charge in [0.1, 0.15) is 12.4 Å². The number of carbonyl (C=O) groups excluding carboxylic acids is 3. The highest BCUT2D eigenvalue weighted by Crippen LogP contribution is 2.18. The molecule has 0 atom stereocenters. The van der Waals surface area contributed by atoms with Gasteiger partial charge in [0.25, 0.3) is 5.91 Å². The monoisotopic (exact) mass is 368 g/mol. The summed E-state index contributed by atoms with van der Waals surface area (Å²) in [5.74, 6) is -0.836. The van der Waals surface area contributed by atoms with Crippen LogP contribution in [0.25, 0.3) is 0 Å². The topological polar surface area (TPSA) is 93.7 Å². The van der Waals surface area contributed by atoms with Crippen molar-refractivity contribution in [3.8, 4) is 5.75 Å². The van der Waals surface area contributed by atoms with E-state index in [1.54, 1.807) is 24.3 Å². The zero-order valence-electron chi connectivity index (χ0n) is 14.6. The minimum Gasteiger partial charge on any atom is -0.489 e. The van der Waals surface area contributed by atoms with Crippen LogP contribution in [0, 0.1) is 0 Å². The first kappa shape index (κ1) is 18.4. The summed E-state index contributed by atoms with van der Waals surface area (Å²) in [6.07, 6.45) is 1.83. The molecule has 2 aromatic carbocycles. The molecule has 3 rings (SSSR count). The molecule has 1 saturated carbocycles. The second-order valence-corrected chi connectivity index (χ2v) is 6.17. The van der Waals surface area contributed by atoms with Crippen LogP contribution in [0.5, 0.6) is 5.75 Å². The maximum atomic E-state index is 12.1. The summed E-state index contributed by atoms with van der Waals surface area (Å²) in [4.78, 5) is 35.2. The highest BCUT2D eigenvalue weighted by molar-refractivity contribution is 5.97. The van der Waals surface area contributed by atoms with E-state index in [1.165, 1.54) is 0 Å². The zero-order valence-corrected chi connectivity index (χ0v) is 14.6. The molecular weight excluding hydrogens is 348 g/mol. The summed E-state index contributed by atoms with van der Waals surface area (Å²) in [7, 11) is 0. The molecule has 7 heteroatoms. The van der Waals surface area contributed by atoms with Gasteiger partial charge in [0.2, 0.25) is 0 Å². The van der Waals surface area contributed by atoms with Crippen LogP contribution in [0.15, 0.2) is 54.6 Å². The summed E-state index contributed by atoms with van der Waals surface area (Å²) in [6, 6.07) is 15.7. The molecule has 3 amide bonds. The van der Waals surface area contributed by atoms with Gasteiger partial charge in [0, 0.05) is 6.04 Å². The Morgan fingerprint density at radius 3 is 2.52 bits per heavy atom. The van der Waals surface area contributed by atoms with E-state index in [9.17, 15) is 14.4 Å². The molecule has 1 aliphatic carbocycles. The molecule has 0 spiro atoms. The van der Waals surface area contributed by atoms with Crippen LogP contribution < -0.4 is 15.4 Å². The molecular formula is C20H20N2O5. The fraction of sp³-hybridized carbons (Fsp3) is 0.250. The van der Waals surface area contributed by atoms with Crippen molar-refractivity contribution in [3.63, 3.8) is 0 Å². The molecule has 7 nitrogen and oxygen atoms in total. The second-order valence-electron chi connectivity index (χ2n) is 6.17. The highest BCUT2D eigenvalue weighted by Gasteiger charge is 2.24. The number of amides is 3. The van der Waals surface area contributed by atoms with E-state index in [4.69, 9.17) is 9.47 Å². The first-order valence-corrected chi connectivity index (χ1v) is 8.64. The first-order chi connectivity index (χ1) is 13.1. The van der Waals surface area contributed by atoms with Gasteiger partial charge in [-0.05, 0) is 36.6 Å². The summed E-state index contributed by atoms with van der Waals surface area (Å²) >= 11 is 0. The third-order valence-electron chi connectivity index (χ3n) is 3.82. The Bertz CT molecular complexity index is 818. The van der Waals surface area contributed by atoms with Gasteiger partial charge in [-0.3, -0.25) is 10.1 Å². The minimum atomic E-state index is -0.682. The van der Waals surface area contributed by atoms with Crippen LogP contribution in [-0.2, 0) is 16.1 Å². The van der Waals surface area contributed by atoms with Crippen LogP contribution in [0.3, 0.4) is 0 Å². The van der Waals surface area contributed by atoms with Crippen molar-refractivity contribution in [2.24, 2.45) is 0 Å². The van der Waals surface area contributed by atoms with Crippen molar-refractivity contribution >= 4 is 17.9 Å². The second kappa shape index (κ2) is 8.84. The van der Waals surface area contributed by atoms with E-state index in [1.807, 2.05) is 30.3 Å². The number of ether oxygens (including phenoxy) is 2. The molecule has 140 valence electrons. The summed E-state index contributed by atoms with van der Waals surface area (Å²) in [5, 5.41) is 4.73. The summed E-state index contributed by atoms with van der Waals surface area (Å²) < 4.78 is 10.6. The number of carbonyl (C=O) groups is 3. The number of esters is 1. The fourth-order valence-corrected chi connectivity index (χ4v) is 2.28. The van der Waals surface area contributed by atoms with E-state index >= 15 is 0 Å². The van der Waals surface area contributed by atoms with Gasteiger partial charge >= 0.3 is 12.0 Å². The van der Waals surface area contributed by atoms with Gasteiger partial charge in [0.05, 0.1) is 5.56 Å². The molecule has 0 radical (unpaired) electrons. The van der Waals surface area contributed by atoms with Gasteiger partial charge in [0.15, 0.2) is 6.61 Å². The predicted octanol–water partition coefficient (Wildman–Crippen LogP) is 2.41. The van der Waals surface area contributed by atoms with Crippen molar-refractivity contribution in [1.29, 1.82) is 0 Å². The molecule has 0 unspecified atom stereocenters. The molecule has 0 bridgehead atoms. The number of imide groups is 1. The molecule has 2 N–H and O–H groups in total. The van der Waals surface area contributed by atoms with Crippen molar-refractivity contribution in [3.05, 3.63) is 65.7 Å². The normalized spacial score (nSPS) is 12.7. The molecule has 1 fully saturated rings. The average molecular weight is 368 g/mol. The van der Waals surface area contributed by atoms with Crippen molar-refractivity contribution < 1.29 is 23.9 Å². The van der Waals surface area contributed by atoms with Crippen LogP contribution in [0.2, 0.25) is 0 Å². The maximum absolute atomic E-state index is 12.1. The van der Waals surface area contributed by atoms with Crippen molar-refractivity contribution in [1.82, 2.24) is 10.6 Å². The van der Waals surface area contributed by atoms with E-state index < -0.39 is 24.5 Å². The largest absolute Gasteiger partial charge is 0.489 e. The summed E-state index contributed by atoms with van der Waals surface area (Å²) in [6.45, 7) is -0.163. The van der Waals surface area contributed by atoms with E-state index in [0.29, 0.717) is 12.4 Å². The van der Waals surface area contributed by atoms with Gasteiger partial charge in [-0.25, -0.2) is 9.59 Å². The number of rotatable bonds is 7. The van der Waals surface area contributed by atoms with E-state index in [-0.39, 0.29) is 11.6 Å². The van der Waals surface area contributed by atoms with Crippen LogP contribution >= 0.6 is 0 Å². The SMILES string of the molecule is O=C(COC(=O)c1cccc(OCc2ccccc2)c1)NC(=O)NC1CC1. The van der Waals surface area contributed by atoms with Gasteiger partial charge in [-0.2, -0.15) is 0 Å². The highest BCUT2D eigenvalue weighted by atomic mass is 16.5. The van der Waals surface area contributed by atoms with Crippen LogP contribution in [-0.4, -0.2) is 30.6 Å². The molecule has 0 aliphatic heterocycles. The predicted molar refractivity (Wildman–Crippen MR) is 97.2 cm³/mol. The number of benzene rings is 2. The molecule has 27 heavy (non-hydrogen) atoms. The fourth-order valence-electron chi connectivity index (χ4n) is 2.28. The van der Waals surface area contributed by atoms with E-state index in [0.717, 1.165) is 18.4 Å². The standard InChI is InChI=1S/C20H20N2O5/c23-18(22-20(25)21-16-9-10-16)13-27-19(24)15-7-4-8-17(11-15)26-12-14-5-2-1-3-6-14/h1-8,11,16H,9-10,12-13H2,(H2,21,22,23,25). The lowest BCUT2D eigenvalue weighted by molar-refractivity contribution is -0.123.